The molecule has 0 aromatic heterocycles. The van der Waals surface area contributed by atoms with Gasteiger partial charge in [-0.05, 0) is 46.3 Å². The number of anilines is 1. The molecular formula is C13H10BrNO3. The van der Waals surface area contributed by atoms with Gasteiger partial charge in [0.1, 0.15) is 11.5 Å². The number of para-hydroxylation sites is 1. The number of benzene rings is 2. The molecule has 0 aliphatic heterocycles. The first kappa shape index (κ1) is 12.4. The molecule has 0 bridgehead atoms. The van der Waals surface area contributed by atoms with Gasteiger partial charge in [0.25, 0.3) is 5.91 Å². The fourth-order valence-corrected chi connectivity index (χ4v) is 1.84. The highest BCUT2D eigenvalue weighted by Gasteiger charge is 2.13. The van der Waals surface area contributed by atoms with Crippen LogP contribution in [0.5, 0.6) is 11.5 Å². The fourth-order valence-electron chi connectivity index (χ4n) is 1.46. The van der Waals surface area contributed by atoms with Crippen LogP contribution in [-0.2, 0) is 0 Å². The molecule has 0 radical (unpaired) electrons. The number of hydrogen-bond acceptors (Lipinski definition) is 3. The van der Waals surface area contributed by atoms with Gasteiger partial charge in [-0.1, -0.05) is 12.1 Å². The quantitative estimate of drug-likeness (QED) is 0.747. The van der Waals surface area contributed by atoms with Gasteiger partial charge in [-0.25, -0.2) is 0 Å². The summed E-state index contributed by atoms with van der Waals surface area (Å²) < 4.78 is 0.734. The first-order valence-electron chi connectivity index (χ1n) is 5.16. The topological polar surface area (TPSA) is 69.6 Å². The lowest BCUT2D eigenvalue weighted by Crippen LogP contribution is -2.12. The Kier molecular flexibility index (Phi) is 3.53. The minimum Gasteiger partial charge on any atom is -0.508 e. The van der Waals surface area contributed by atoms with E-state index in [0.29, 0.717) is 5.69 Å². The van der Waals surface area contributed by atoms with Crippen LogP contribution in [0.1, 0.15) is 10.4 Å². The van der Waals surface area contributed by atoms with Gasteiger partial charge in [0.2, 0.25) is 0 Å². The Morgan fingerprint density at radius 2 is 1.83 bits per heavy atom. The number of hydrogen-bond donors (Lipinski definition) is 3. The Morgan fingerprint density at radius 1 is 1.11 bits per heavy atom. The Hall–Kier alpha value is -2.01. The fraction of sp³-hybridized carbons (Fsp3) is 0. The number of aromatic hydroxyl groups is 2. The van der Waals surface area contributed by atoms with Gasteiger partial charge in [-0.3, -0.25) is 4.79 Å². The first-order chi connectivity index (χ1) is 8.58. The largest absolute Gasteiger partial charge is 0.508 e. The van der Waals surface area contributed by atoms with Crippen molar-refractivity contribution >= 4 is 27.5 Å². The second-order valence-corrected chi connectivity index (χ2v) is 4.49. The molecule has 18 heavy (non-hydrogen) atoms. The van der Waals surface area contributed by atoms with Crippen molar-refractivity contribution in [3.63, 3.8) is 0 Å². The monoisotopic (exact) mass is 307 g/mol. The molecule has 2 aromatic rings. The molecule has 0 aliphatic carbocycles. The van der Waals surface area contributed by atoms with E-state index >= 15 is 0 Å². The molecule has 4 nitrogen and oxygen atoms in total. The van der Waals surface area contributed by atoms with Gasteiger partial charge < -0.3 is 15.5 Å². The minimum absolute atomic E-state index is 0.0192. The number of phenols is 2. The predicted molar refractivity (Wildman–Crippen MR) is 71.9 cm³/mol. The average Bonchev–Trinajstić information content (AvgIpc) is 2.35. The van der Waals surface area contributed by atoms with Gasteiger partial charge in [0.05, 0.1) is 11.3 Å². The van der Waals surface area contributed by atoms with Gasteiger partial charge >= 0.3 is 0 Å². The summed E-state index contributed by atoms with van der Waals surface area (Å²) >= 11 is 3.30. The van der Waals surface area contributed by atoms with Crippen molar-refractivity contribution < 1.29 is 15.0 Å². The summed E-state index contributed by atoms with van der Waals surface area (Å²) in [5.41, 5.74) is 0.607. The van der Waals surface area contributed by atoms with Crippen molar-refractivity contribution in [2.45, 2.75) is 0 Å². The molecule has 0 saturated heterocycles. The second-order valence-electron chi connectivity index (χ2n) is 3.64. The molecule has 0 aliphatic rings. The molecule has 0 heterocycles. The van der Waals surface area contributed by atoms with Crippen molar-refractivity contribution in [2.24, 2.45) is 0 Å². The zero-order valence-corrected chi connectivity index (χ0v) is 10.8. The number of carbonyl (C=O) groups excluding carboxylic acids is 1. The lowest BCUT2D eigenvalue weighted by atomic mass is 10.1. The zero-order chi connectivity index (χ0) is 13.1. The highest BCUT2D eigenvalue weighted by atomic mass is 79.9. The maximum Gasteiger partial charge on any atom is 0.259 e. The molecule has 0 atom stereocenters. The van der Waals surface area contributed by atoms with E-state index in [1.54, 1.807) is 18.2 Å². The maximum absolute atomic E-state index is 11.9. The van der Waals surface area contributed by atoms with Crippen LogP contribution >= 0.6 is 15.9 Å². The van der Waals surface area contributed by atoms with Gasteiger partial charge in [-0.15, -0.1) is 0 Å². The van der Waals surface area contributed by atoms with Crippen LogP contribution in [0.15, 0.2) is 46.9 Å². The Labute approximate surface area is 112 Å². The molecule has 3 N–H and O–H groups in total. The normalized spacial score (nSPS) is 10.1. The predicted octanol–water partition coefficient (Wildman–Crippen LogP) is 3.11. The third kappa shape index (κ3) is 2.62. The minimum atomic E-state index is -0.490. The molecule has 2 aromatic carbocycles. The maximum atomic E-state index is 11.9. The van der Waals surface area contributed by atoms with E-state index in [2.05, 4.69) is 21.2 Å². The average molecular weight is 308 g/mol. The standard InChI is InChI=1S/C13H10BrNO3/c14-10-3-1-2-4-11(10)15-13(18)9-7-8(16)5-6-12(9)17/h1-7,16-17H,(H,15,18). The molecule has 0 unspecified atom stereocenters. The molecule has 0 saturated carbocycles. The van der Waals surface area contributed by atoms with Crippen molar-refractivity contribution in [1.29, 1.82) is 0 Å². The van der Waals surface area contributed by atoms with Crippen LogP contribution in [0, 0.1) is 0 Å². The van der Waals surface area contributed by atoms with Crippen LogP contribution in [0.4, 0.5) is 5.69 Å². The highest BCUT2D eigenvalue weighted by molar-refractivity contribution is 9.10. The van der Waals surface area contributed by atoms with E-state index < -0.39 is 5.91 Å². The number of amides is 1. The van der Waals surface area contributed by atoms with Crippen LogP contribution < -0.4 is 5.32 Å². The number of rotatable bonds is 2. The summed E-state index contributed by atoms with van der Waals surface area (Å²) in [5, 5.41) is 21.5. The molecule has 5 heteroatoms. The summed E-state index contributed by atoms with van der Waals surface area (Å²) in [6.45, 7) is 0. The smallest absolute Gasteiger partial charge is 0.259 e. The van der Waals surface area contributed by atoms with Crippen molar-refractivity contribution in [3.8, 4) is 11.5 Å². The molecule has 0 spiro atoms. The third-order valence-corrected chi connectivity index (χ3v) is 3.04. The Bertz CT molecular complexity index is 599. The zero-order valence-electron chi connectivity index (χ0n) is 9.22. The van der Waals surface area contributed by atoms with Crippen LogP contribution in [0.3, 0.4) is 0 Å². The highest BCUT2D eigenvalue weighted by Crippen LogP contribution is 2.25. The van der Waals surface area contributed by atoms with Crippen molar-refractivity contribution in [3.05, 3.63) is 52.5 Å². The number of nitrogens with one attached hydrogen (secondary N) is 1. The van der Waals surface area contributed by atoms with Gasteiger partial charge in [0.15, 0.2) is 0 Å². The van der Waals surface area contributed by atoms with E-state index in [-0.39, 0.29) is 17.1 Å². The summed E-state index contributed by atoms with van der Waals surface area (Å²) in [7, 11) is 0. The van der Waals surface area contributed by atoms with Crippen molar-refractivity contribution in [1.82, 2.24) is 0 Å². The Morgan fingerprint density at radius 3 is 2.56 bits per heavy atom. The third-order valence-electron chi connectivity index (χ3n) is 2.35. The lowest BCUT2D eigenvalue weighted by Gasteiger charge is -2.08. The van der Waals surface area contributed by atoms with Crippen molar-refractivity contribution in [2.75, 3.05) is 5.32 Å². The van der Waals surface area contributed by atoms with E-state index in [9.17, 15) is 15.0 Å². The van der Waals surface area contributed by atoms with E-state index in [1.165, 1.54) is 18.2 Å². The van der Waals surface area contributed by atoms with Crippen LogP contribution in [0.2, 0.25) is 0 Å². The van der Waals surface area contributed by atoms with E-state index in [4.69, 9.17) is 0 Å². The van der Waals surface area contributed by atoms with Crippen LogP contribution in [0.25, 0.3) is 0 Å². The second kappa shape index (κ2) is 5.10. The number of phenolic OH excluding ortho intramolecular Hbond substituents is 2. The number of halogens is 1. The van der Waals surface area contributed by atoms with Gasteiger partial charge in [0, 0.05) is 4.47 Å². The lowest BCUT2D eigenvalue weighted by molar-refractivity contribution is 0.102. The summed E-state index contributed by atoms with van der Waals surface area (Å²) in [4.78, 5) is 11.9. The molecular weight excluding hydrogens is 298 g/mol. The number of carbonyl (C=O) groups is 1. The Balaban J connectivity index is 2.28. The molecule has 1 amide bonds. The first-order valence-corrected chi connectivity index (χ1v) is 5.95. The van der Waals surface area contributed by atoms with Crippen LogP contribution in [-0.4, -0.2) is 16.1 Å². The summed E-state index contributed by atoms with van der Waals surface area (Å²) in [5.74, 6) is -0.752. The van der Waals surface area contributed by atoms with E-state index in [1.807, 2.05) is 6.07 Å². The summed E-state index contributed by atoms with van der Waals surface area (Å²) in [6, 6.07) is 10.9. The SMILES string of the molecule is O=C(Nc1ccccc1Br)c1cc(O)ccc1O. The molecule has 0 fully saturated rings. The molecule has 2 rings (SSSR count). The van der Waals surface area contributed by atoms with Gasteiger partial charge in [-0.2, -0.15) is 0 Å². The van der Waals surface area contributed by atoms with E-state index in [0.717, 1.165) is 4.47 Å². The summed E-state index contributed by atoms with van der Waals surface area (Å²) in [6.07, 6.45) is 0. The molecule has 92 valence electrons.